The maximum Gasteiger partial charge on any atom is 0.343 e. The summed E-state index contributed by atoms with van der Waals surface area (Å²) in [5.74, 6) is 0.757. The number of para-hydroxylation sites is 1. The Bertz CT molecular complexity index is 894. The van der Waals surface area contributed by atoms with E-state index in [0.717, 1.165) is 5.56 Å². The second-order valence-corrected chi connectivity index (χ2v) is 5.54. The summed E-state index contributed by atoms with van der Waals surface area (Å²) in [5, 5.41) is 9.11. The Morgan fingerprint density at radius 3 is 2.79 bits per heavy atom. The SMILES string of the molecule is CCOC(=O)c1cnc(SC)n2c(-c3ccccc3OC)nnc12. The van der Waals surface area contributed by atoms with E-state index in [2.05, 4.69) is 15.2 Å². The van der Waals surface area contributed by atoms with Crippen LogP contribution in [0.25, 0.3) is 17.0 Å². The molecule has 124 valence electrons. The number of fused-ring (bicyclic) bond motifs is 1. The predicted octanol–water partition coefficient (Wildman–Crippen LogP) is 2.70. The van der Waals surface area contributed by atoms with E-state index < -0.39 is 5.97 Å². The van der Waals surface area contributed by atoms with Gasteiger partial charge in [-0.3, -0.25) is 4.40 Å². The smallest absolute Gasteiger partial charge is 0.343 e. The Hall–Kier alpha value is -2.61. The summed E-state index contributed by atoms with van der Waals surface area (Å²) < 4.78 is 12.2. The molecule has 0 radical (unpaired) electrons. The van der Waals surface area contributed by atoms with Gasteiger partial charge in [-0.15, -0.1) is 10.2 Å². The molecule has 0 spiro atoms. The molecule has 0 unspecified atom stereocenters. The zero-order valence-electron chi connectivity index (χ0n) is 13.5. The fraction of sp³-hybridized carbons (Fsp3) is 0.250. The molecule has 0 N–H and O–H groups in total. The van der Waals surface area contributed by atoms with Gasteiger partial charge in [0.2, 0.25) is 0 Å². The first kappa shape index (κ1) is 16.3. The average molecular weight is 344 g/mol. The van der Waals surface area contributed by atoms with E-state index in [0.29, 0.717) is 22.4 Å². The normalized spacial score (nSPS) is 10.8. The third-order valence-electron chi connectivity index (χ3n) is 3.43. The zero-order valence-corrected chi connectivity index (χ0v) is 14.3. The molecule has 2 heterocycles. The summed E-state index contributed by atoms with van der Waals surface area (Å²) in [6.45, 7) is 2.03. The number of esters is 1. The Labute approximate surface area is 143 Å². The number of hydrogen-bond donors (Lipinski definition) is 0. The number of nitrogens with zero attached hydrogens (tertiary/aromatic N) is 4. The first-order chi connectivity index (χ1) is 11.7. The lowest BCUT2D eigenvalue weighted by Crippen LogP contribution is -2.09. The van der Waals surface area contributed by atoms with Crippen molar-refractivity contribution in [2.24, 2.45) is 0 Å². The van der Waals surface area contributed by atoms with Crippen LogP contribution in [-0.4, -0.2) is 45.5 Å². The highest BCUT2D eigenvalue weighted by molar-refractivity contribution is 7.98. The van der Waals surface area contributed by atoms with E-state index in [1.165, 1.54) is 18.0 Å². The second kappa shape index (κ2) is 6.88. The van der Waals surface area contributed by atoms with Crippen LogP contribution in [0.15, 0.2) is 35.6 Å². The van der Waals surface area contributed by atoms with Gasteiger partial charge >= 0.3 is 5.97 Å². The molecule has 24 heavy (non-hydrogen) atoms. The van der Waals surface area contributed by atoms with Crippen LogP contribution in [0, 0.1) is 0 Å². The summed E-state index contributed by atoms with van der Waals surface area (Å²) in [5.41, 5.74) is 1.46. The summed E-state index contributed by atoms with van der Waals surface area (Å²) >= 11 is 1.44. The van der Waals surface area contributed by atoms with Gasteiger partial charge < -0.3 is 9.47 Å². The van der Waals surface area contributed by atoms with E-state index in [1.807, 2.05) is 30.5 Å². The summed E-state index contributed by atoms with van der Waals surface area (Å²) in [4.78, 5) is 16.5. The van der Waals surface area contributed by atoms with Crippen LogP contribution in [0.2, 0.25) is 0 Å². The fourth-order valence-electron chi connectivity index (χ4n) is 2.38. The largest absolute Gasteiger partial charge is 0.496 e. The number of carbonyl (C=O) groups is 1. The number of hydrogen-bond acceptors (Lipinski definition) is 7. The lowest BCUT2D eigenvalue weighted by molar-refractivity contribution is 0.0527. The second-order valence-electron chi connectivity index (χ2n) is 4.76. The van der Waals surface area contributed by atoms with Crippen LogP contribution in [-0.2, 0) is 4.74 Å². The topological polar surface area (TPSA) is 78.6 Å². The van der Waals surface area contributed by atoms with E-state index in [9.17, 15) is 4.79 Å². The van der Waals surface area contributed by atoms with Crippen LogP contribution in [0.3, 0.4) is 0 Å². The zero-order chi connectivity index (χ0) is 17.1. The fourth-order valence-corrected chi connectivity index (χ4v) is 2.89. The van der Waals surface area contributed by atoms with Gasteiger partial charge in [-0.2, -0.15) is 0 Å². The van der Waals surface area contributed by atoms with Crippen molar-refractivity contribution in [3.8, 4) is 17.1 Å². The number of rotatable bonds is 5. The van der Waals surface area contributed by atoms with Gasteiger partial charge in [0, 0.05) is 6.20 Å². The number of benzene rings is 1. The monoisotopic (exact) mass is 344 g/mol. The maximum absolute atomic E-state index is 12.2. The molecule has 3 aromatic rings. The molecule has 3 rings (SSSR count). The molecule has 0 aliphatic carbocycles. The molecular formula is C16H16N4O3S. The van der Waals surface area contributed by atoms with E-state index in [-0.39, 0.29) is 12.2 Å². The van der Waals surface area contributed by atoms with Crippen molar-refractivity contribution in [2.45, 2.75) is 12.1 Å². The Morgan fingerprint density at radius 1 is 1.29 bits per heavy atom. The van der Waals surface area contributed by atoms with Crippen molar-refractivity contribution in [2.75, 3.05) is 20.0 Å². The van der Waals surface area contributed by atoms with Gasteiger partial charge in [0.05, 0.1) is 19.3 Å². The quantitative estimate of drug-likeness (QED) is 0.400. The first-order valence-electron chi connectivity index (χ1n) is 7.29. The van der Waals surface area contributed by atoms with Crippen molar-refractivity contribution in [1.82, 2.24) is 19.6 Å². The Morgan fingerprint density at radius 2 is 2.08 bits per heavy atom. The predicted molar refractivity (Wildman–Crippen MR) is 90.5 cm³/mol. The molecule has 0 saturated heterocycles. The first-order valence-corrected chi connectivity index (χ1v) is 8.52. The third-order valence-corrected chi connectivity index (χ3v) is 4.08. The van der Waals surface area contributed by atoms with Crippen LogP contribution < -0.4 is 4.74 Å². The van der Waals surface area contributed by atoms with Crippen LogP contribution in [0.4, 0.5) is 0 Å². The van der Waals surface area contributed by atoms with Gasteiger partial charge in [0.25, 0.3) is 0 Å². The number of thioether (sulfide) groups is 1. The van der Waals surface area contributed by atoms with Gasteiger partial charge in [-0.25, -0.2) is 9.78 Å². The summed E-state index contributed by atoms with van der Waals surface area (Å²) in [6.07, 6.45) is 3.37. The van der Waals surface area contributed by atoms with Crippen molar-refractivity contribution in [3.05, 3.63) is 36.0 Å². The highest BCUT2D eigenvalue weighted by Crippen LogP contribution is 2.31. The van der Waals surface area contributed by atoms with Crippen LogP contribution in [0.1, 0.15) is 17.3 Å². The molecule has 2 aromatic heterocycles. The summed E-state index contributed by atoms with van der Waals surface area (Å²) in [7, 11) is 1.60. The highest BCUT2D eigenvalue weighted by atomic mass is 32.2. The van der Waals surface area contributed by atoms with E-state index >= 15 is 0 Å². The minimum Gasteiger partial charge on any atom is -0.496 e. The number of ether oxygens (including phenoxy) is 2. The average Bonchev–Trinajstić information content (AvgIpc) is 3.06. The molecular weight excluding hydrogens is 328 g/mol. The molecule has 0 amide bonds. The van der Waals surface area contributed by atoms with Crippen molar-refractivity contribution >= 4 is 23.4 Å². The minimum atomic E-state index is -0.471. The third kappa shape index (κ3) is 2.69. The molecule has 0 bridgehead atoms. The number of carbonyl (C=O) groups excluding carboxylic acids is 1. The minimum absolute atomic E-state index is 0.281. The van der Waals surface area contributed by atoms with Crippen LogP contribution >= 0.6 is 11.8 Å². The number of methoxy groups -OCH3 is 1. The molecule has 0 aliphatic heterocycles. The number of aromatic nitrogens is 4. The van der Waals surface area contributed by atoms with Crippen molar-refractivity contribution in [1.29, 1.82) is 0 Å². The molecule has 1 aromatic carbocycles. The van der Waals surface area contributed by atoms with Gasteiger partial charge in [-0.05, 0) is 25.3 Å². The Balaban J connectivity index is 2.27. The summed E-state index contributed by atoms with van der Waals surface area (Å²) in [6, 6.07) is 7.50. The van der Waals surface area contributed by atoms with Crippen LogP contribution in [0.5, 0.6) is 5.75 Å². The lowest BCUT2D eigenvalue weighted by Gasteiger charge is -2.09. The van der Waals surface area contributed by atoms with Gasteiger partial charge in [-0.1, -0.05) is 23.9 Å². The molecule has 0 fully saturated rings. The van der Waals surface area contributed by atoms with Gasteiger partial charge in [0.15, 0.2) is 16.6 Å². The van der Waals surface area contributed by atoms with E-state index in [1.54, 1.807) is 18.4 Å². The molecule has 0 aliphatic rings. The Kier molecular flexibility index (Phi) is 4.66. The molecule has 8 heteroatoms. The lowest BCUT2D eigenvalue weighted by atomic mass is 10.2. The standard InChI is InChI=1S/C16H16N4O3S/c1-4-23-15(21)11-9-17-16(24-3)20-13(18-19-14(11)20)10-7-5-6-8-12(10)22-2/h5-9H,4H2,1-3H3. The van der Waals surface area contributed by atoms with E-state index in [4.69, 9.17) is 9.47 Å². The van der Waals surface area contributed by atoms with Gasteiger partial charge in [0.1, 0.15) is 11.3 Å². The molecule has 0 atom stereocenters. The molecule has 0 saturated carbocycles. The highest BCUT2D eigenvalue weighted by Gasteiger charge is 2.21. The molecule has 7 nitrogen and oxygen atoms in total. The van der Waals surface area contributed by atoms with Crippen molar-refractivity contribution < 1.29 is 14.3 Å². The maximum atomic E-state index is 12.2. The van der Waals surface area contributed by atoms with Crippen molar-refractivity contribution in [3.63, 3.8) is 0 Å².